The van der Waals surface area contributed by atoms with Crippen LogP contribution in [0.15, 0.2) is 97.2 Å². The van der Waals surface area contributed by atoms with Gasteiger partial charge in [0.2, 0.25) is 47.3 Å². The van der Waals surface area contributed by atoms with E-state index in [1.807, 2.05) is 18.2 Å². The normalized spacial score (nSPS) is 23.9. The Bertz CT molecular complexity index is 3480. The number of benzene rings is 4. The number of carboxylic acid groups (broad SMARTS) is 1. The van der Waals surface area contributed by atoms with Crippen molar-refractivity contribution in [2.75, 3.05) is 25.2 Å². The van der Waals surface area contributed by atoms with E-state index in [4.69, 9.17) is 10.5 Å². The highest BCUT2D eigenvalue weighted by molar-refractivity contribution is 7.98. The van der Waals surface area contributed by atoms with Crippen molar-refractivity contribution in [1.82, 2.24) is 47.1 Å². The molecule has 3 heterocycles. The topological polar surface area (TPSA) is 350 Å². The quantitative estimate of drug-likeness (QED) is 0.0679. The number of aromatic nitrogens is 1. The number of methoxy groups -OCH3 is 1. The number of halogens is 1. The Kier molecular flexibility index (Phi) is 27.4. The van der Waals surface area contributed by atoms with E-state index in [9.17, 15) is 53.0 Å². The first-order chi connectivity index (χ1) is 44.9. The number of aliphatic hydroxyl groups is 1. The summed E-state index contributed by atoms with van der Waals surface area (Å²) in [6.45, 7) is 6.25. The van der Waals surface area contributed by atoms with Crippen LogP contribution in [0, 0.1) is 5.82 Å². The highest BCUT2D eigenvalue weighted by atomic mass is 32.2. The molecule has 0 unspecified atom stereocenters. The molecule has 26 heteroatoms. The van der Waals surface area contributed by atoms with Crippen molar-refractivity contribution in [3.63, 3.8) is 0 Å². The molecule has 12 N–H and O–H groups in total. The van der Waals surface area contributed by atoms with Gasteiger partial charge in [0, 0.05) is 86.0 Å². The van der Waals surface area contributed by atoms with E-state index in [0.717, 1.165) is 16.7 Å². The van der Waals surface area contributed by atoms with Crippen molar-refractivity contribution in [3.8, 4) is 5.75 Å². The Hall–Kier alpha value is -8.33. The maximum atomic E-state index is 15.1. The Morgan fingerprint density at radius 3 is 1.93 bits per heavy atom. The highest BCUT2D eigenvalue weighted by Crippen LogP contribution is 2.33. The molecule has 0 radical (unpaired) electrons. The lowest BCUT2D eigenvalue weighted by molar-refractivity contribution is -0.146. The lowest BCUT2D eigenvalue weighted by atomic mass is 9.89. The summed E-state index contributed by atoms with van der Waals surface area (Å²) in [4.78, 5) is 146. The lowest BCUT2D eigenvalue weighted by Gasteiger charge is -2.37. The van der Waals surface area contributed by atoms with Gasteiger partial charge in [-0.05, 0) is 129 Å². The minimum atomic E-state index is -1.78. The molecule has 4 aromatic carbocycles. The summed E-state index contributed by atoms with van der Waals surface area (Å²) in [6.07, 6.45) is 0.510. The number of aromatic amines is 1. The van der Waals surface area contributed by atoms with E-state index in [2.05, 4.69) is 48.3 Å². The second-order valence-electron chi connectivity index (χ2n) is 24.2. The number of thioether (sulfide) groups is 2. The third-order valence-corrected chi connectivity index (χ3v) is 19.0. The summed E-state index contributed by atoms with van der Waals surface area (Å²) in [5.41, 5.74) is 9.54. The fourth-order valence-corrected chi connectivity index (χ4v) is 13.2. The molecule has 0 saturated carbocycles. The molecule has 5 aromatic rings. The molecule has 2 bridgehead atoms. The van der Waals surface area contributed by atoms with E-state index in [1.165, 1.54) is 57.2 Å². The molecule has 506 valence electrons. The molecule has 0 aliphatic carbocycles. The van der Waals surface area contributed by atoms with Crippen LogP contribution >= 0.6 is 23.5 Å². The average molecular weight is 1340 g/mol. The molecule has 2 aliphatic rings. The summed E-state index contributed by atoms with van der Waals surface area (Å²) in [5, 5.41) is 40.0. The number of rotatable bonds is 14. The summed E-state index contributed by atoms with van der Waals surface area (Å²) < 4.78 is 20.3. The standard InChI is InChI=1S/C68H87FN10O13S2/c1-40-61(85)73-41(2)62(86)75-54(32-43-16-18-45(36-70)19-17-43)64(88)76-55(34-48-37-71-52-25-22-49(69)35-51(48)52)65(89)74-53(13-6-7-15-59(83)84)63(87)78-60(42(3)80)66(90)77-56(33-44-20-23-50(92-5)24-21-44)67(91)79-28-10-27-68(79,4)57(81)14-9-29-93-38-46-11-8-12-47(31-46)39-94-30-26-58(82)72-40/h8,11-12,16-25,31,35,37,40-42,53-56,60,71,80H,6-7,9-10,13-15,26-30,32-34,36,38-39,70H2,1-5H3,(H,72,82)(H,73,85)(H,74,89)(H,75,86)(H,76,88)(H,77,90)(H,78,87)(H,83,84)/t40-,41+,42+,53-,54-,55-,56-,60+,68-/m0/s1. The fourth-order valence-electron chi connectivity index (χ4n) is 11.4. The number of nitrogens with zero attached hydrogens (tertiary/aromatic N) is 1. The Morgan fingerprint density at radius 1 is 0.681 bits per heavy atom. The van der Waals surface area contributed by atoms with Gasteiger partial charge in [0.15, 0.2) is 5.78 Å². The molecule has 23 nitrogen and oxygen atoms in total. The number of aliphatic carboxylic acids is 1. The number of carbonyl (C=O) groups excluding carboxylic acids is 9. The maximum Gasteiger partial charge on any atom is 0.303 e. The van der Waals surface area contributed by atoms with Crippen molar-refractivity contribution in [2.24, 2.45) is 5.73 Å². The number of nitrogens with one attached hydrogen (secondary N) is 8. The molecule has 7 rings (SSSR count). The minimum absolute atomic E-state index is 0.0318. The number of aliphatic hydroxyl groups excluding tert-OH is 1. The van der Waals surface area contributed by atoms with Crippen LogP contribution in [0.3, 0.4) is 0 Å². The highest BCUT2D eigenvalue weighted by Gasteiger charge is 2.47. The van der Waals surface area contributed by atoms with E-state index in [-0.39, 0.29) is 82.6 Å². The number of carboxylic acids is 1. The summed E-state index contributed by atoms with van der Waals surface area (Å²) >= 11 is 3.21. The monoisotopic (exact) mass is 1330 g/mol. The number of ether oxygens (including phenoxy) is 1. The van der Waals surface area contributed by atoms with Crippen LogP contribution in [0.5, 0.6) is 5.75 Å². The second-order valence-corrected chi connectivity index (χ2v) is 26.4. The van der Waals surface area contributed by atoms with Gasteiger partial charge in [0.05, 0.1) is 18.8 Å². The van der Waals surface area contributed by atoms with Gasteiger partial charge >= 0.3 is 5.97 Å². The number of carbonyl (C=O) groups is 10. The van der Waals surface area contributed by atoms with E-state index < -0.39 is 107 Å². The molecule has 1 aromatic heterocycles. The number of H-pyrrole nitrogens is 1. The Labute approximate surface area is 554 Å². The first-order valence-corrected chi connectivity index (χ1v) is 34.0. The van der Waals surface area contributed by atoms with Gasteiger partial charge < -0.3 is 67.8 Å². The average Bonchev–Trinajstić information content (AvgIpc) is 1.59. The van der Waals surface area contributed by atoms with E-state index >= 15 is 9.59 Å². The number of ketones is 1. The molecule has 0 spiro atoms. The second kappa shape index (κ2) is 35.3. The van der Waals surface area contributed by atoms with Gasteiger partial charge in [0.1, 0.15) is 53.9 Å². The number of Topliss-reactive ketones (excluding diaryl/α,β-unsaturated/α-hetero) is 1. The van der Waals surface area contributed by atoms with Gasteiger partial charge in [0.25, 0.3) is 0 Å². The van der Waals surface area contributed by atoms with Gasteiger partial charge in [-0.15, -0.1) is 0 Å². The van der Waals surface area contributed by atoms with Crippen LogP contribution in [-0.2, 0) is 85.3 Å². The summed E-state index contributed by atoms with van der Waals surface area (Å²) in [5.74, 6) is -5.31. The molecule has 1 fully saturated rings. The largest absolute Gasteiger partial charge is 0.497 e. The molecular formula is C68H87FN10O13S2. The van der Waals surface area contributed by atoms with Crippen LogP contribution in [0.25, 0.3) is 10.9 Å². The summed E-state index contributed by atoms with van der Waals surface area (Å²) in [6, 6.07) is 15.6. The number of amides is 8. The molecular weight excluding hydrogens is 1250 g/mol. The Balaban J connectivity index is 1.22. The Morgan fingerprint density at radius 2 is 1.27 bits per heavy atom. The van der Waals surface area contributed by atoms with Crippen LogP contribution < -0.4 is 47.7 Å². The van der Waals surface area contributed by atoms with Crippen molar-refractivity contribution in [1.29, 1.82) is 0 Å². The number of hydrogen-bond donors (Lipinski definition) is 11. The summed E-state index contributed by atoms with van der Waals surface area (Å²) in [7, 11) is 1.50. The third kappa shape index (κ3) is 21.1. The van der Waals surface area contributed by atoms with Crippen LogP contribution in [0.1, 0.15) is 119 Å². The first-order valence-electron chi connectivity index (χ1n) is 31.7. The molecule has 9 atom stereocenters. The fraction of sp³-hybridized carbons (Fsp3) is 0.471. The van der Waals surface area contributed by atoms with Crippen molar-refractivity contribution in [3.05, 3.63) is 136 Å². The molecule has 94 heavy (non-hydrogen) atoms. The number of nitrogens with two attached hydrogens (primary N) is 1. The van der Waals surface area contributed by atoms with Gasteiger partial charge in [-0.1, -0.05) is 67.1 Å². The van der Waals surface area contributed by atoms with Gasteiger partial charge in [-0.3, -0.25) is 47.9 Å². The lowest BCUT2D eigenvalue weighted by Crippen LogP contribution is -2.62. The van der Waals surface area contributed by atoms with Crippen molar-refractivity contribution >= 4 is 93.4 Å². The zero-order valence-corrected chi connectivity index (χ0v) is 55.3. The number of hydrogen-bond acceptors (Lipinski definition) is 15. The van der Waals surface area contributed by atoms with Crippen LogP contribution in [0.2, 0.25) is 0 Å². The number of unbranched alkanes of at least 4 members (excludes halogenated alkanes) is 1. The van der Waals surface area contributed by atoms with E-state index in [1.54, 1.807) is 79.0 Å². The third-order valence-electron chi connectivity index (χ3n) is 16.9. The molecule has 1 saturated heterocycles. The predicted molar refractivity (Wildman–Crippen MR) is 356 cm³/mol. The smallest absolute Gasteiger partial charge is 0.303 e. The van der Waals surface area contributed by atoms with Crippen LogP contribution in [-0.4, -0.2) is 158 Å². The van der Waals surface area contributed by atoms with Gasteiger partial charge in [-0.2, -0.15) is 23.5 Å². The predicted octanol–water partition coefficient (Wildman–Crippen LogP) is 4.56. The van der Waals surface area contributed by atoms with E-state index in [0.29, 0.717) is 75.6 Å². The SMILES string of the molecule is COc1ccc(C[C@@H]2NC(=O)[C@@H]([C@@H](C)O)NC(=O)[C@H](CCCCC(=O)O)NC(=O)[C@H](Cc3c[nH]c4ccc(F)cc34)NC(=O)[C@H](Cc3ccc(CN)cc3)NC(=O)[C@@H](C)NC(=O)[C@H](C)NC(=O)CCSCc3cccc(c3)CSCCCC(=O)[C@]3(C)CCCN3C2=O)cc1. The van der Waals surface area contributed by atoms with Crippen molar-refractivity contribution in [2.45, 2.75) is 177 Å². The molecule has 2 aliphatic heterocycles. The maximum absolute atomic E-state index is 15.1. The molecule has 8 amide bonds. The van der Waals surface area contributed by atoms with Gasteiger partial charge in [-0.25, -0.2) is 4.39 Å². The van der Waals surface area contributed by atoms with Crippen molar-refractivity contribution < 1.29 is 67.3 Å². The minimum Gasteiger partial charge on any atom is -0.497 e. The number of fused-ring (bicyclic) bond motifs is 4. The zero-order chi connectivity index (χ0) is 68.1. The first kappa shape index (κ1) is 73.1. The zero-order valence-electron chi connectivity index (χ0n) is 53.7. The van der Waals surface area contributed by atoms with Crippen LogP contribution in [0.4, 0.5) is 4.39 Å².